The van der Waals surface area contributed by atoms with Crippen molar-refractivity contribution in [2.75, 3.05) is 0 Å². The van der Waals surface area contributed by atoms with Gasteiger partial charge < -0.3 is 0 Å². The summed E-state index contributed by atoms with van der Waals surface area (Å²) in [6.45, 7) is 24.0. The van der Waals surface area contributed by atoms with Crippen molar-refractivity contribution >= 4 is 18.5 Å². The fourth-order valence-electron chi connectivity index (χ4n) is 6.43. The third-order valence-corrected chi connectivity index (χ3v) is 11.6. The Morgan fingerprint density at radius 2 is 0.968 bits per heavy atom. The monoisotopic (exact) mass is 428 g/mol. The molecule has 0 radical (unpaired) electrons. The van der Waals surface area contributed by atoms with Gasteiger partial charge >= 0.3 is 0 Å². The van der Waals surface area contributed by atoms with Crippen LogP contribution in [0, 0.1) is 13.8 Å². The first-order chi connectivity index (χ1) is 14.4. The van der Waals surface area contributed by atoms with Crippen LogP contribution in [0.15, 0.2) is 35.4 Å². The summed E-state index contributed by atoms with van der Waals surface area (Å²) in [6.07, 6.45) is 2.26. The number of rotatable bonds is 4. The van der Waals surface area contributed by atoms with E-state index in [2.05, 4.69) is 92.7 Å². The van der Waals surface area contributed by atoms with E-state index in [1.54, 1.807) is 43.8 Å². The Labute approximate surface area is 191 Å². The molecular weight excluding hydrogens is 388 g/mol. The molecule has 0 unspecified atom stereocenters. The minimum absolute atomic E-state index is 0.586. The van der Waals surface area contributed by atoms with Crippen LogP contribution in [-0.4, -0.2) is 8.07 Å². The molecule has 0 heterocycles. The fraction of sp³-hybridized carbons (Fsp3) is 0.467. The third kappa shape index (κ3) is 3.50. The maximum absolute atomic E-state index is 2.61. The predicted octanol–water partition coefficient (Wildman–Crippen LogP) is 8.70. The van der Waals surface area contributed by atoms with Crippen LogP contribution >= 0.6 is 0 Å². The highest BCUT2D eigenvalue weighted by Crippen LogP contribution is 2.50. The summed E-state index contributed by atoms with van der Waals surface area (Å²) in [5.74, 6) is 1.17. The third-order valence-electron chi connectivity index (χ3n) is 7.73. The Balaban J connectivity index is 1.87. The molecule has 0 aliphatic heterocycles. The normalized spacial score (nSPS) is 16.1. The molecule has 0 spiro atoms. The Kier molecular flexibility index (Phi) is 5.49. The lowest BCUT2D eigenvalue weighted by Crippen LogP contribution is -2.31. The topological polar surface area (TPSA) is 0 Å². The minimum atomic E-state index is -1.86. The molecule has 4 rings (SSSR count). The number of hydrogen-bond acceptors (Lipinski definition) is 0. The van der Waals surface area contributed by atoms with E-state index in [-0.39, 0.29) is 0 Å². The zero-order valence-electron chi connectivity index (χ0n) is 21.4. The predicted molar refractivity (Wildman–Crippen MR) is 141 cm³/mol. The van der Waals surface area contributed by atoms with Gasteiger partial charge in [-0.2, -0.15) is 0 Å². The molecule has 0 amide bonds. The fourth-order valence-corrected chi connectivity index (χ4v) is 11.0. The Bertz CT molecular complexity index is 1050. The summed E-state index contributed by atoms with van der Waals surface area (Å²) < 4.78 is 0. The van der Waals surface area contributed by atoms with Crippen LogP contribution in [0.4, 0.5) is 0 Å². The second-order valence-corrected chi connectivity index (χ2v) is 15.6. The highest BCUT2D eigenvalue weighted by atomic mass is 28.3. The zero-order valence-corrected chi connectivity index (χ0v) is 22.4. The molecule has 164 valence electrons. The van der Waals surface area contributed by atoms with Gasteiger partial charge in [-0.15, -0.1) is 0 Å². The lowest BCUT2D eigenvalue weighted by molar-refractivity contribution is 0.861. The maximum Gasteiger partial charge on any atom is 0.113 e. The van der Waals surface area contributed by atoms with Gasteiger partial charge in [0, 0.05) is 0 Å². The van der Waals surface area contributed by atoms with E-state index in [1.165, 1.54) is 22.3 Å². The standard InChI is InChI=1S/C30H40Si/c1-17(2)23-11-19(5)27-25(15-23)13-21(7)29(27)31(9,10)30-22(8)14-26-16-24(18(3)4)12-20(6)28(26)30/h11-12,15-18H,13-14H2,1-10H3. The molecule has 2 aromatic rings. The lowest BCUT2D eigenvalue weighted by atomic mass is 9.94. The molecule has 2 aliphatic rings. The molecule has 0 fully saturated rings. The number of aryl methyl sites for hydroxylation is 2. The molecule has 2 aliphatic carbocycles. The Hall–Kier alpha value is -1.86. The molecule has 0 saturated heterocycles. The van der Waals surface area contributed by atoms with Gasteiger partial charge in [-0.3, -0.25) is 0 Å². The van der Waals surface area contributed by atoms with Gasteiger partial charge in [0.15, 0.2) is 0 Å². The quantitative estimate of drug-likeness (QED) is 0.427. The van der Waals surface area contributed by atoms with Crippen LogP contribution in [0.3, 0.4) is 0 Å². The molecule has 1 heteroatoms. The summed E-state index contributed by atoms with van der Waals surface area (Å²) in [7, 11) is -1.86. The van der Waals surface area contributed by atoms with Crippen LogP contribution in [0.5, 0.6) is 0 Å². The molecule has 0 saturated carbocycles. The molecule has 0 nitrogen and oxygen atoms in total. The van der Waals surface area contributed by atoms with Crippen molar-refractivity contribution in [1.82, 2.24) is 0 Å². The lowest BCUT2D eigenvalue weighted by Gasteiger charge is -2.32. The molecule has 2 aromatic carbocycles. The first-order valence-corrected chi connectivity index (χ1v) is 15.1. The zero-order chi connectivity index (χ0) is 22.8. The van der Waals surface area contributed by atoms with Crippen molar-refractivity contribution in [1.29, 1.82) is 0 Å². The molecule has 0 bridgehead atoms. The highest BCUT2D eigenvalue weighted by Gasteiger charge is 2.41. The summed E-state index contributed by atoms with van der Waals surface area (Å²) in [6, 6.07) is 9.91. The van der Waals surface area contributed by atoms with Crippen LogP contribution < -0.4 is 0 Å². The average Bonchev–Trinajstić information content (AvgIpc) is 3.18. The first kappa shape index (κ1) is 22.3. The van der Waals surface area contributed by atoms with Crippen molar-refractivity contribution in [2.45, 2.75) is 93.2 Å². The van der Waals surface area contributed by atoms with Crippen molar-refractivity contribution in [2.24, 2.45) is 0 Å². The van der Waals surface area contributed by atoms with E-state index in [4.69, 9.17) is 0 Å². The van der Waals surface area contributed by atoms with Gasteiger partial charge in [0.2, 0.25) is 0 Å². The Morgan fingerprint density at radius 3 is 1.29 bits per heavy atom. The number of benzene rings is 2. The summed E-state index contributed by atoms with van der Waals surface area (Å²) in [5, 5.41) is 3.43. The maximum atomic E-state index is 2.61. The first-order valence-electron chi connectivity index (χ1n) is 12.1. The smallest absolute Gasteiger partial charge is 0.0686 e. The second kappa shape index (κ2) is 7.62. The van der Waals surface area contributed by atoms with E-state index in [0.29, 0.717) is 11.8 Å². The molecule has 0 aromatic heterocycles. The van der Waals surface area contributed by atoms with Gasteiger partial charge in [-0.05, 0) is 107 Å². The Morgan fingerprint density at radius 1 is 0.613 bits per heavy atom. The van der Waals surface area contributed by atoms with Crippen LogP contribution in [0.2, 0.25) is 13.1 Å². The SMILES string of the molecule is CC1=C([Si](C)(C)C2=C(C)Cc3cc(C(C)C)cc(C)c32)c2c(C)cc(C(C)C)cc2C1. The van der Waals surface area contributed by atoms with Gasteiger partial charge in [-0.1, -0.05) is 76.2 Å². The van der Waals surface area contributed by atoms with Crippen LogP contribution in [-0.2, 0) is 12.8 Å². The molecule has 0 atom stereocenters. The minimum Gasteiger partial charge on any atom is -0.0686 e. The number of hydrogen-bond donors (Lipinski definition) is 0. The molecule has 31 heavy (non-hydrogen) atoms. The molecule has 0 N–H and O–H groups in total. The van der Waals surface area contributed by atoms with Crippen molar-refractivity contribution in [3.63, 3.8) is 0 Å². The van der Waals surface area contributed by atoms with E-state index in [9.17, 15) is 0 Å². The van der Waals surface area contributed by atoms with Gasteiger partial charge in [-0.25, -0.2) is 0 Å². The van der Waals surface area contributed by atoms with Crippen molar-refractivity contribution < 1.29 is 0 Å². The van der Waals surface area contributed by atoms with Gasteiger partial charge in [0.05, 0.1) is 0 Å². The van der Waals surface area contributed by atoms with E-state index >= 15 is 0 Å². The van der Waals surface area contributed by atoms with Crippen molar-refractivity contribution in [3.05, 3.63) is 79.9 Å². The van der Waals surface area contributed by atoms with Crippen LogP contribution in [0.25, 0.3) is 10.4 Å². The van der Waals surface area contributed by atoms with E-state index in [1.807, 2.05) is 0 Å². The summed E-state index contributed by atoms with van der Waals surface area (Å²) >= 11 is 0. The largest absolute Gasteiger partial charge is 0.113 e. The van der Waals surface area contributed by atoms with E-state index in [0.717, 1.165) is 12.8 Å². The second-order valence-electron chi connectivity index (χ2n) is 11.3. The molecular formula is C30H40Si. The number of fused-ring (bicyclic) bond motifs is 2. The van der Waals surface area contributed by atoms with E-state index < -0.39 is 8.07 Å². The number of allylic oxidation sites excluding steroid dienone is 2. The van der Waals surface area contributed by atoms with Crippen LogP contribution in [0.1, 0.15) is 97.9 Å². The summed E-state index contributed by atoms with van der Waals surface area (Å²) in [5.41, 5.74) is 15.5. The highest BCUT2D eigenvalue weighted by molar-refractivity contribution is 7.09. The van der Waals surface area contributed by atoms with Gasteiger partial charge in [0.1, 0.15) is 8.07 Å². The average molecular weight is 429 g/mol. The summed E-state index contributed by atoms with van der Waals surface area (Å²) in [4.78, 5) is 0. The van der Waals surface area contributed by atoms with Gasteiger partial charge in [0.25, 0.3) is 0 Å². The van der Waals surface area contributed by atoms with Crippen molar-refractivity contribution in [3.8, 4) is 0 Å².